The molecule has 0 saturated heterocycles. The number of ether oxygens (including phenoxy) is 1. The maximum atomic E-state index is 5.41. The predicted molar refractivity (Wildman–Crippen MR) is 52.1 cm³/mol. The third kappa shape index (κ3) is 3.85. The van der Waals surface area contributed by atoms with Crippen LogP contribution in [-0.4, -0.2) is 37.5 Å². The van der Waals surface area contributed by atoms with Crippen molar-refractivity contribution in [2.45, 2.75) is 19.3 Å². The molecule has 1 heterocycles. The largest absolute Gasteiger partial charge is 0.425 e. The van der Waals surface area contributed by atoms with Crippen molar-refractivity contribution in [1.29, 1.82) is 0 Å². The average Bonchev–Trinajstić information content (AvgIpc) is 2.63. The Morgan fingerprint density at radius 3 is 2.64 bits per heavy atom. The number of aromatic nitrogens is 2. The third-order valence-corrected chi connectivity index (χ3v) is 1.84. The van der Waals surface area contributed by atoms with Crippen LogP contribution < -0.4 is 5.32 Å². The van der Waals surface area contributed by atoms with Crippen LogP contribution in [0.3, 0.4) is 0 Å². The molecule has 5 heteroatoms. The SMILES string of the molecule is CNCCc1nnc(CCCOC)o1. The van der Waals surface area contributed by atoms with Crippen molar-refractivity contribution in [1.82, 2.24) is 15.5 Å². The van der Waals surface area contributed by atoms with Gasteiger partial charge in [0.2, 0.25) is 11.8 Å². The molecular formula is C9H17N3O2. The van der Waals surface area contributed by atoms with Gasteiger partial charge in [-0.2, -0.15) is 0 Å². The van der Waals surface area contributed by atoms with Crippen LogP contribution in [-0.2, 0) is 17.6 Å². The summed E-state index contributed by atoms with van der Waals surface area (Å²) in [5, 5.41) is 10.9. The first-order valence-electron chi connectivity index (χ1n) is 4.81. The van der Waals surface area contributed by atoms with E-state index >= 15 is 0 Å². The van der Waals surface area contributed by atoms with Gasteiger partial charge in [0.1, 0.15) is 0 Å². The summed E-state index contributed by atoms with van der Waals surface area (Å²) >= 11 is 0. The molecule has 5 nitrogen and oxygen atoms in total. The van der Waals surface area contributed by atoms with Gasteiger partial charge < -0.3 is 14.5 Å². The van der Waals surface area contributed by atoms with Gasteiger partial charge in [0.25, 0.3) is 0 Å². The molecule has 0 atom stereocenters. The highest BCUT2D eigenvalue weighted by atomic mass is 16.5. The standard InChI is InChI=1S/C9H17N3O2/c1-10-6-5-9-12-11-8(14-9)4-3-7-13-2/h10H,3-7H2,1-2H3. The van der Waals surface area contributed by atoms with Gasteiger partial charge in [0, 0.05) is 33.1 Å². The van der Waals surface area contributed by atoms with Gasteiger partial charge in [-0.3, -0.25) is 0 Å². The monoisotopic (exact) mass is 199 g/mol. The first-order valence-corrected chi connectivity index (χ1v) is 4.81. The summed E-state index contributed by atoms with van der Waals surface area (Å²) in [4.78, 5) is 0. The highest BCUT2D eigenvalue weighted by Gasteiger charge is 2.04. The second-order valence-electron chi connectivity index (χ2n) is 3.04. The lowest BCUT2D eigenvalue weighted by molar-refractivity contribution is 0.192. The molecule has 80 valence electrons. The molecule has 1 aromatic rings. The number of hydrogen-bond donors (Lipinski definition) is 1. The minimum atomic E-state index is 0.701. The molecule has 0 fully saturated rings. The van der Waals surface area contributed by atoms with Crippen molar-refractivity contribution in [3.05, 3.63) is 11.8 Å². The number of rotatable bonds is 7. The van der Waals surface area contributed by atoms with Crippen LogP contribution in [0.5, 0.6) is 0 Å². The molecule has 1 N–H and O–H groups in total. The Balaban J connectivity index is 2.27. The summed E-state index contributed by atoms with van der Waals surface area (Å²) in [5.41, 5.74) is 0. The van der Waals surface area contributed by atoms with E-state index in [1.54, 1.807) is 7.11 Å². The molecule has 14 heavy (non-hydrogen) atoms. The minimum absolute atomic E-state index is 0.701. The van der Waals surface area contributed by atoms with E-state index in [4.69, 9.17) is 9.15 Å². The molecule has 0 unspecified atom stereocenters. The normalized spacial score (nSPS) is 10.7. The van der Waals surface area contributed by atoms with E-state index in [9.17, 15) is 0 Å². The summed E-state index contributed by atoms with van der Waals surface area (Å²) in [6.07, 6.45) is 2.50. The molecule has 1 rings (SSSR count). The van der Waals surface area contributed by atoms with Crippen molar-refractivity contribution in [3.63, 3.8) is 0 Å². The zero-order valence-corrected chi connectivity index (χ0v) is 8.75. The number of nitrogens with zero attached hydrogens (tertiary/aromatic N) is 2. The maximum Gasteiger partial charge on any atom is 0.217 e. The van der Waals surface area contributed by atoms with Crippen molar-refractivity contribution < 1.29 is 9.15 Å². The highest BCUT2D eigenvalue weighted by Crippen LogP contribution is 2.03. The van der Waals surface area contributed by atoms with Crippen LogP contribution in [0.1, 0.15) is 18.2 Å². The molecule has 0 amide bonds. The lowest BCUT2D eigenvalue weighted by atomic mass is 10.3. The Labute approximate surface area is 83.9 Å². The van der Waals surface area contributed by atoms with E-state index in [1.807, 2.05) is 7.05 Å². The van der Waals surface area contributed by atoms with Crippen molar-refractivity contribution >= 4 is 0 Å². The molecule has 1 aromatic heterocycles. The Kier molecular flexibility index (Phi) is 5.17. The van der Waals surface area contributed by atoms with Gasteiger partial charge >= 0.3 is 0 Å². The zero-order chi connectivity index (χ0) is 10.2. The maximum absolute atomic E-state index is 5.41. The Morgan fingerprint density at radius 2 is 2.00 bits per heavy atom. The quantitative estimate of drug-likeness (QED) is 0.644. The van der Waals surface area contributed by atoms with Crippen molar-refractivity contribution in [2.24, 2.45) is 0 Å². The van der Waals surface area contributed by atoms with Gasteiger partial charge in [-0.15, -0.1) is 10.2 Å². The van der Waals surface area contributed by atoms with E-state index in [1.165, 1.54) is 0 Å². The van der Waals surface area contributed by atoms with E-state index in [0.717, 1.165) is 32.4 Å². The highest BCUT2D eigenvalue weighted by molar-refractivity contribution is 4.82. The van der Waals surface area contributed by atoms with Crippen LogP contribution in [0.25, 0.3) is 0 Å². The first-order chi connectivity index (χ1) is 6.86. The Hall–Kier alpha value is -0.940. The second kappa shape index (κ2) is 6.50. The minimum Gasteiger partial charge on any atom is -0.425 e. The molecule has 0 bridgehead atoms. The van der Waals surface area contributed by atoms with Gasteiger partial charge in [-0.25, -0.2) is 0 Å². The molecule has 0 aromatic carbocycles. The lowest BCUT2D eigenvalue weighted by Crippen LogP contribution is -2.10. The number of likely N-dealkylation sites (N-methyl/N-ethyl adjacent to an activating group) is 1. The fourth-order valence-electron chi connectivity index (χ4n) is 1.09. The smallest absolute Gasteiger partial charge is 0.217 e. The van der Waals surface area contributed by atoms with E-state index in [0.29, 0.717) is 11.8 Å². The van der Waals surface area contributed by atoms with E-state index < -0.39 is 0 Å². The van der Waals surface area contributed by atoms with Crippen molar-refractivity contribution in [3.8, 4) is 0 Å². The van der Waals surface area contributed by atoms with Crippen LogP contribution in [0.2, 0.25) is 0 Å². The fourth-order valence-corrected chi connectivity index (χ4v) is 1.09. The van der Waals surface area contributed by atoms with Gasteiger partial charge in [-0.05, 0) is 13.5 Å². The van der Waals surface area contributed by atoms with Crippen LogP contribution >= 0.6 is 0 Å². The Morgan fingerprint density at radius 1 is 1.29 bits per heavy atom. The molecule has 0 aliphatic rings. The molecular weight excluding hydrogens is 182 g/mol. The summed E-state index contributed by atoms with van der Waals surface area (Å²) in [6, 6.07) is 0. The second-order valence-corrected chi connectivity index (χ2v) is 3.04. The summed E-state index contributed by atoms with van der Waals surface area (Å²) in [6.45, 7) is 1.59. The predicted octanol–water partition coefficient (Wildman–Crippen LogP) is 0.410. The number of aryl methyl sites for hydroxylation is 1. The van der Waals surface area contributed by atoms with Gasteiger partial charge in [0.05, 0.1) is 0 Å². The van der Waals surface area contributed by atoms with E-state index in [2.05, 4.69) is 15.5 Å². The third-order valence-electron chi connectivity index (χ3n) is 1.84. The Bertz CT molecular complexity index is 250. The summed E-state index contributed by atoms with van der Waals surface area (Å²) in [7, 11) is 3.59. The van der Waals surface area contributed by atoms with Crippen molar-refractivity contribution in [2.75, 3.05) is 27.3 Å². The fraction of sp³-hybridized carbons (Fsp3) is 0.778. The van der Waals surface area contributed by atoms with Gasteiger partial charge in [-0.1, -0.05) is 0 Å². The molecule has 0 saturated carbocycles. The van der Waals surface area contributed by atoms with E-state index in [-0.39, 0.29) is 0 Å². The first kappa shape index (κ1) is 11.1. The average molecular weight is 199 g/mol. The number of hydrogen-bond acceptors (Lipinski definition) is 5. The van der Waals surface area contributed by atoms with Gasteiger partial charge in [0.15, 0.2) is 0 Å². The van der Waals surface area contributed by atoms with Crippen LogP contribution in [0.4, 0.5) is 0 Å². The summed E-state index contributed by atoms with van der Waals surface area (Å²) < 4.78 is 10.3. The van der Waals surface area contributed by atoms with Crippen LogP contribution in [0.15, 0.2) is 4.42 Å². The summed E-state index contributed by atoms with van der Waals surface area (Å²) in [5.74, 6) is 1.40. The molecule has 0 radical (unpaired) electrons. The molecule has 0 spiro atoms. The number of methoxy groups -OCH3 is 1. The molecule has 0 aliphatic heterocycles. The van der Waals surface area contributed by atoms with Crippen LogP contribution in [0, 0.1) is 0 Å². The molecule has 0 aliphatic carbocycles. The lowest BCUT2D eigenvalue weighted by Gasteiger charge is -1.94. The number of nitrogens with one attached hydrogen (secondary N) is 1. The topological polar surface area (TPSA) is 60.2 Å². The zero-order valence-electron chi connectivity index (χ0n) is 8.75.